The minimum Gasteiger partial charge on any atom is -0.369 e. The molecule has 3 rings (SSSR count). The number of nitrogens with one attached hydrogen (secondary N) is 1. The topological polar surface area (TPSA) is 58.1 Å². The third-order valence-electron chi connectivity index (χ3n) is 3.86. The average Bonchev–Trinajstić information content (AvgIpc) is 3.05. The Bertz CT molecular complexity index is 642. The fraction of sp³-hybridized carbons (Fsp3) is 0.438. The number of nitrogens with zero attached hydrogens (tertiary/aromatic N) is 3. The normalized spacial score (nSPS) is 13.8. The van der Waals surface area contributed by atoms with Crippen molar-refractivity contribution in [2.24, 2.45) is 0 Å². The molecular weight excluding hydrogens is 296 g/mol. The van der Waals surface area contributed by atoms with Crippen LogP contribution in [-0.2, 0) is 24.2 Å². The van der Waals surface area contributed by atoms with Crippen molar-refractivity contribution in [3.63, 3.8) is 0 Å². The molecule has 0 radical (unpaired) electrons. The van der Waals surface area contributed by atoms with Crippen LogP contribution in [0.4, 0.5) is 5.82 Å². The number of hydrogen-bond donors (Lipinski definition) is 1. The van der Waals surface area contributed by atoms with Gasteiger partial charge >= 0.3 is 0 Å². The van der Waals surface area contributed by atoms with Crippen molar-refractivity contribution in [1.82, 2.24) is 15.1 Å². The summed E-state index contributed by atoms with van der Waals surface area (Å²) in [4.78, 5) is 14.3. The molecule has 0 atom stereocenters. The van der Waals surface area contributed by atoms with Crippen molar-refractivity contribution in [2.45, 2.75) is 32.7 Å². The summed E-state index contributed by atoms with van der Waals surface area (Å²) in [6, 6.07) is 4.10. The van der Waals surface area contributed by atoms with Crippen LogP contribution in [0.2, 0.25) is 0 Å². The van der Waals surface area contributed by atoms with Crippen molar-refractivity contribution < 1.29 is 4.79 Å². The van der Waals surface area contributed by atoms with Crippen LogP contribution in [0.1, 0.15) is 30.2 Å². The van der Waals surface area contributed by atoms with Crippen LogP contribution < -0.4 is 5.32 Å². The van der Waals surface area contributed by atoms with E-state index in [0.717, 1.165) is 43.0 Å². The zero-order valence-electron chi connectivity index (χ0n) is 12.7. The number of hydrogen-bond acceptors (Lipinski definition) is 5. The highest BCUT2D eigenvalue weighted by atomic mass is 32.1. The minimum absolute atomic E-state index is 0.221. The lowest BCUT2D eigenvalue weighted by Crippen LogP contribution is -2.36. The summed E-state index contributed by atoms with van der Waals surface area (Å²) in [7, 11) is 0. The first kappa shape index (κ1) is 15.0. The summed E-state index contributed by atoms with van der Waals surface area (Å²) < 4.78 is 0. The molecule has 0 saturated carbocycles. The van der Waals surface area contributed by atoms with Gasteiger partial charge in [0.2, 0.25) is 5.91 Å². The van der Waals surface area contributed by atoms with Crippen molar-refractivity contribution in [3.05, 3.63) is 39.7 Å². The molecule has 0 aromatic carbocycles. The number of carbonyl (C=O) groups is 1. The number of amides is 1. The zero-order chi connectivity index (χ0) is 15.4. The van der Waals surface area contributed by atoms with Crippen LogP contribution in [0.3, 0.4) is 0 Å². The van der Waals surface area contributed by atoms with E-state index in [2.05, 4.69) is 32.3 Å². The number of fused-ring (bicyclic) bond motifs is 1. The predicted octanol–water partition coefficient (Wildman–Crippen LogP) is 2.49. The molecule has 1 amide bonds. The fourth-order valence-corrected chi connectivity index (χ4v) is 3.36. The third-order valence-corrected chi connectivity index (χ3v) is 4.59. The number of aromatic nitrogens is 2. The van der Waals surface area contributed by atoms with Gasteiger partial charge in [0.1, 0.15) is 5.82 Å². The van der Waals surface area contributed by atoms with E-state index in [-0.39, 0.29) is 5.91 Å². The maximum Gasteiger partial charge on any atom is 0.223 e. The largest absolute Gasteiger partial charge is 0.369 e. The SMILES string of the molecule is CCNc1cc2c(nn1)CCN(C(=O)CCc1ccsc1)C2. The Morgan fingerprint density at radius 2 is 2.36 bits per heavy atom. The lowest BCUT2D eigenvalue weighted by molar-refractivity contribution is -0.132. The van der Waals surface area contributed by atoms with E-state index in [9.17, 15) is 4.79 Å². The van der Waals surface area contributed by atoms with Crippen molar-refractivity contribution >= 4 is 23.1 Å². The van der Waals surface area contributed by atoms with Crippen molar-refractivity contribution in [2.75, 3.05) is 18.4 Å². The van der Waals surface area contributed by atoms with E-state index in [1.807, 2.05) is 17.9 Å². The van der Waals surface area contributed by atoms with Gasteiger partial charge in [-0.2, -0.15) is 16.4 Å². The molecule has 1 N–H and O–H groups in total. The highest BCUT2D eigenvalue weighted by molar-refractivity contribution is 7.07. The number of aryl methyl sites for hydroxylation is 1. The lowest BCUT2D eigenvalue weighted by atomic mass is 10.1. The first-order valence-corrected chi connectivity index (χ1v) is 8.58. The van der Waals surface area contributed by atoms with Gasteiger partial charge in [-0.05, 0) is 47.4 Å². The van der Waals surface area contributed by atoms with Gasteiger partial charge in [0.25, 0.3) is 0 Å². The maximum atomic E-state index is 12.4. The highest BCUT2D eigenvalue weighted by Crippen LogP contribution is 2.20. The van der Waals surface area contributed by atoms with E-state index >= 15 is 0 Å². The Balaban J connectivity index is 1.62. The molecule has 1 aliphatic rings. The summed E-state index contributed by atoms with van der Waals surface area (Å²) in [6.45, 7) is 4.23. The molecule has 6 heteroatoms. The molecule has 116 valence electrons. The molecule has 1 aliphatic heterocycles. The second-order valence-electron chi connectivity index (χ2n) is 5.43. The molecule has 5 nitrogen and oxygen atoms in total. The molecule has 3 heterocycles. The van der Waals surface area contributed by atoms with Crippen LogP contribution in [-0.4, -0.2) is 34.1 Å². The number of thiophene rings is 1. The second-order valence-corrected chi connectivity index (χ2v) is 6.21. The minimum atomic E-state index is 0.221. The van der Waals surface area contributed by atoms with Gasteiger partial charge in [0.05, 0.1) is 5.69 Å². The van der Waals surface area contributed by atoms with E-state index < -0.39 is 0 Å². The van der Waals surface area contributed by atoms with Gasteiger partial charge in [0, 0.05) is 32.5 Å². The molecule has 2 aromatic rings. The molecule has 0 fully saturated rings. The van der Waals surface area contributed by atoms with Crippen LogP contribution in [0, 0.1) is 0 Å². The predicted molar refractivity (Wildman–Crippen MR) is 88.0 cm³/mol. The van der Waals surface area contributed by atoms with E-state index in [1.165, 1.54) is 5.56 Å². The monoisotopic (exact) mass is 316 g/mol. The van der Waals surface area contributed by atoms with Crippen LogP contribution in [0.25, 0.3) is 0 Å². The summed E-state index contributed by atoms with van der Waals surface area (Å²) >= 11 is 1.68. The van der Waals surface area contributed by atoms with Gasteiger partial charge in [-0.25, -0.2) is 0 Å². The molecule has 0 aliphatic carbocycles. The Morgan fingerprint density at radius 1 is 1.45 bits per heavy atom. The van der Waals surface area contributed by atoms with Gasteiger partial charge < -0.3 is 10.2 Å². The molecule has 0 bridgehead atoms. The second kappa shape index (κ2) is 6.87. The van der Waals surface area contributed by atoms with Crippen LogP contribution in [0.15, 0.2) is 22.9 Å². The Labute approximate surface area is 134 Å². The van der Waals surface area contributed by atoms with E-state index in [0.29, 0.717) is 13.0 Å². The molecule has 0 spiro atoms. The quantitative estimate of drug-likeness (QED) is 0.921. The fourth-order valence-electron chi connectivity index (χ4n) is 2.65. The third kappa shape index (κ3) is 3.44. The zero-order valence-corrected chi connectivity index (χ0v) is 13.5. The number of carbonyl (C=O) groups excluding carboxylic acids is 1. The smallest absolute Gasteiger partial charge is 0.223 e. The summed E-state index contributed by atoms with van der Waals surface area (Å²) in [6.07, 6.45) is 2.19. The standard InChI is InChI=1S/C16H20N4OS/c1-2-17-15-9-13-10-20(7-5-14(13)18-19-15)16(21)4-3-12-6-8-22-11-12/h6,8-9,11H,2-5,7,10H2,1H3,(H,17,19). The average molecular weight is 316 g/mol. The summed E-state index contributed by atoms with van der Waals surface area (Å²) in [5.41, 5.74) is 3.38. The Hall–Kier alpha value is -1.95. The van der Waals surface area contributed by atoms with Crippen LogP contribution in [0.5, 0.6) is 0 Å². The van der Waals surface area contributed by atoms with Gasteiger partial charge in [0.15, 0.2) is 0 Å². The molecule has 2 aromatic heterocycles. The van der Waals surface area contributed by atoms with Gasteiger partial charge in [-0.1, -0.05) is 0 Å². The van der Waals surface area contributed by atoms with Crippen molar-refractivity contribution in [3.8, 4) is 0 Å². The van der Waals surface area contributed by atoms with Crippen molar-refractivity contribution in [1.29, 1.82) is 0 Å². The number of rotatable bonds is 5. The van der Waals surface area contributed by atoms with E-state index in [1.54, 1.807) is 11.3 Å². The Morgan fingerprint density at radius 3 is 3.14 bits per heavy atom. The molecule has 0 saturated heterocycles. The molecular formula is C16H20N4OS. The first-order chi connectivity index (χ1) is 10.8. The molecule has 0 unspecified atom stereocenters. The van der Waals surface area contributed by atoms with Crippen LogP contribution >= 0.6 is 11.3 Å². The summed E-state index contributed by atoms with van der Waals surface area (Å²) in [5.74, 6) is 1.01. The summed E-state index contributed by atoms with van der Waals surface area (Å²) in [5, 5.41) is 15.8. The van der Waals surface area contributed by atoms with Gasteiger partial charge in [-0.15, -0.1) is 5.10 Å². The molecule has 22 heavy (non-hydrogen) atoms. The number of anilines is 1. The van der Waals surface area contributed by atoms with E-state index in [4.69, 9.17) is 0 Å². The van der Waals surface area contributed by atoms with Gasteiger partial charge in [-0.3, -0.25) is 4.79 Å². The highest BCUT2D eigenvalue weighted by Gasteiger charge is 2.22. The Kier molecular flexibility index (Phi) is 4.68. The first-order valence-electron chi connectivity index (χ1n) is 7.64. The maximum absolute atomic E-state index is 12.4. The lowest BCUT2D eigenvalue weighted by Gasteiger charge is -2.28.